The highest BCUT2D eigenvalue weighted by atomic mass is 16.5. The van der Waals surface area contributed by atoms with E-state index >= 15 is 0 Å². The summed E-state index contributed by atoms with van der Waals surface area (Å²) in [7, 11) is 1.55. The van der Waals surface area contributed by atoms with E-state index < -0.39 is 5.97 Å². The second kappa shape index (κ2) is 8.38. The van der Waals surface area contributed by atoms with Crippen molar-refractivity contribution in [2.45, 2.75) is 31.7 Å². The Morgan fingerprint density at radius 2 is 2.17 bits per heavy atom. The van der Waals surface area contributed by atoms with Gasteiger partial charge < -0.3 is 19.9 Å². The average molecular weight is 333 g/mol. The average Bonchev–Trinajstić information content (AvgIpc) is 3.02. The molecule has 0 unspecified atom stereocenters. The second-order valence-electron chi connectivity index (χ2n) is 5.88. The lowest BCUT2D eigenvalue weighted by molar-refractivity contribution is -0.141. The highest BCUT2D eigenvalue weighted by Gasteiger charge is 2.30. The zero-order chi connectivity index (χ0) is 17.5. The Labute approximate surface area is 141 Å². The van der Waals surface area contributed by atoms with Gasteiger partial charge in [0.25, 0.3) is 5.91 Å². The van der Waals surface area contributed by atoms with Crippen molar-refractivity contribution >= 4 is 11.9 Å². The van der Waals surface area contributed by atoms with Gasteiger partial charge in [-0.3, -0.25) is 9.59 Å². The molecule has 2 rings (SSSR count). The van der Waals surface area contributed by atoms with Crippen molar-refractivity contribution in [2.75, 3.05) is 13.7 Å². The van der Waals surface area contributed by atoms with Gasteiger partial charge in [0.2, 0.25) is 0 Å². The molecule has 0 aliphatic heterocycles. The first-order valence-corrected chi connectivity index (χ1v) is 7.96. The fraction of sp³-hybridized carbons (Fsp3) is 0.444. The van der Waals surface area contributed by atoms with Crippen molar-refractivity contribution < 1.29 is 24.2 Å². The number of hydrogen-bond acceptors (Lipinski definition) is 4. The van der Waals surface area contributed by atoms with Crippen molar-refractivity contribution in [1.82, 2.24) is 5.32 Å². The first-order chi connectivity index (χ1) is 11.5. The predicted octanol–water partition coefficient (Wildman–Crippen LogP) is 2.17. The Bertz CT molecular complexity index is 613. The summed E-state index contributed by atoms with van der Waals surface area (Å²) in [5.41, 5.74) is 1.05. The molecule has 1 aliphatic rings. The highest BCUT2D eigenvalue weighted by Crippen LogP contribution is 2.28. The lowest BCUT2D eigenvalue weighted by atomic mass is 10.1. The summed E-state index contributed by atoms with van der Waals surface area (Å²) in [6.45, 7) is 3.56. The van der Waals surface area contributed by atoms with E-state index in [1.807, 2.05) is 12.1 Å². The van der Waals surface area contributed by atoms with Crippen molar-refractivity contribution in [3.05, 3.63) is 36.4 Å². The molecule has 2 N–H and O–H groups in total. The number of aliphatic carboxylic acids is 1. The SMILES string of the molecule is C=CCc1ccc(OCC(=O)N[C@H]2CC[C@@H](C(=O)O)C2)c(OC)c1. The monoisotopic (exact) mass is 333 g/mol. The first-order valence-electron chi connectivity index (χ1n) is 7.96. The van der Waals surface area contributed by atoms with E-state index in [1.165, 1.54) is 0 Å². The van der Waals surface area contributed by atoms with Crippen molar-refractivity contribution in [3.8, 4) is 11.5 Å². The molecule has 6 heteroatoms. The number of nitrogens with one attached hydrogen (secondary N) is 1. The number of carbonyl (C=O) groups excluding carboxylic acids is 1. The summed E-state index contributed by atoms with van der Waals surface area (Å²) in [6, 6.07) is 5.41. The third kappa shape index (κ3) is 4.75. The van der Waals surface area contributed by atoms with Gasteiger partial charge in [0.15, 0.2) is 18.1 Å². The molecule has 0 heterocycles. The number of allylic oxidation sites excluding steroid dienone is 1. The van der Waals surface area contributed by atoms with E-state index in [9.17, 15) is 9.59 Å². The maximum Gasteiger partial charge on any atom is 0.306 e. The minimum atomic E-state index is -0.799. The summed E-state index contributed by atoms with van der Waals surface area (Å²) in [5, 5.41) is 11.8. The molecule has 0 saturated heterocycles. The van der Waals surface area contributed by atoms with E-state index in [2.05, 4.69) is 11.9 Å². The fourth-order valence-corrected chi connectivity index (χ4v) is 2.87. The molecule has 1 fully saturated rings. The van der Waals surface area contributed by atoms with E-state index in [4.69, 9.17) is 14.6 Å². The first kappa shape index (κ1) is 17.8. The molecule has 0 aromatic heterocycles. The third-order valence-corrected chi connectivity index (χ3v) is 4.11. The van der Waals surface area contributed by atoms with Gasteiger partial charge in [-0.1, -0.05) is 12.1 Å². The van der Waals surface area contributed by atoms with Crippen LogP contribution in [0.15, 0.2) is 30.9 Å². The minimum Gasteiger partial charge on any atom is -0.493 e. The summed E-state index contributed by atoms with van der Waals surface area (Å²) >= 11 is 0. The number of carboxylic acids is 1. The Balaban J connectivity index is 1.85. The Morgan fingerprint density at radius 3 is 2.79 bits per heavy atom. The summed E-state index contributed by atoms with van der Waals surface area (Å²) in [6.07, 6.45) is 4.28. The maximum absolute atomic E-state index is 12.0. The van der Waals surface area contributed by atoms with Crippen LogP contribution in [0.1, 0.15) is 24.8 Å². The van der Waals surface area contributed by atoms with Crippen LogP contribution >= 0.6 is 0 Å². The zero-order valence-electron chi connectivity index (χ0n) is 13.8. The van der Waals surface area contributed by atoms with E-state index in [-0.39, 0.29) is 24.5 Å². The van der Waals surface area contributed by atoms with Crippen LogP contribution < -0.4 is 14.8 Å². The summed E-state index contributed by atoms with van der Waals surface area (Å²) in [4.78, 5) is 22.9. The van der Waals surface area contributed by atoms with Gasteiger partial charge in [-0.25, -0.2) is 0 Å². The number of ether oxygens (including phenoxy) is 2. The van der Waals surface area contributed by atoms with Gasteiger partial charge in [-0.05, 0) is 43.4 Å². The van der Waals surface area contributed by atoms with Gasteiger partial charge in [0.1, 0.15) is 0 Å². The molecule has 1 aromatic rings. The lowest BCUT2D eigenvalue weighted by Crippen LogP contribution is -2.36. The van der Waals surface area contributed by atoms with Crippen LogP contribution in [0.4, 0.5) is 0 Å². The molecule has 0 bridgehead atoms. The predicted molar refractivity (Wildman–Crippen MR) is 89.3 cm³/mol. The van der Waals surface area contributed by atoms with Gasteiger partial charge in [0.05, 0.1) is 13.0 Å². The van der Waals surface area contributed by atoms with Gasteiger partial charge in [-0.2, -0.15) is 0 Å². The van der Waals surface area contributed by atoms with Gasteiger partial charge in [0, 0.05) is 6.04 Å². The Hall–Kier alpha value is -2.50. The summed E-state index contributed by atoms with van der Waals surface area (Å²) in [5.74, 6) is -0.367. The molecule has 1 aliphatic carbocycles. The molecule has 6 nitrogen and oxygen atoms in total. The van der Waals surface area contributed by atoms with E-state index in [1.54, 1.807) is 19.3 Å². The third-order valence-electron chi connectivity index (χ3n) is 4.11. The van der Waals surface area contributed by atoms with Crippen molar-refractivity contribution in [3.63, 3.8) is 0 Å². The molecular weight excluding hydrogens is 310 g/mol. The highest BCUT2D eigenvalue weighted by molar-refractivity contribution is 5.78. The normalized spacial score (nSPS) is 19.5. The number of methoxy groups -OCH3 is 1. The molecule has 24 heavy (non-hydrogen) atoms. The zero-order valence-corrected chi connectivity index (χ0v) is 13.8. The van der Waals surface area contributed by atoms with Gasteiger partial charge in [-0.15, -0.1) is 6.58 Å². The number of carbonyl (C=O) groups is 2. The number of amides is 1. The van der Waals surface area contributed by atoms with E-state index in [0.29, 0.717) is 30.8 Å². The maximum atomic E-state index is 12.0. The quantitative estimate of drug-likeness (QED) is 0.712. The molecule has 2 atom stereocenters. The van der Waals surface area contributed by atoms with Crippen LogP contribution in [-0.2, 0) is 16.0 Å². The van der Waals surface area contributed by atoms with Crippen LogP contribution in [0.2, 0.25) is 0 Å². The molecule has 130 valence electrons. The minimum absolute atomic E-state index is 0.0981. The molecule has 1 saturated carbocycles. The molecule has 0 spiro atoms. The topological polar surface area (TPSA) is 84.9 Å². The molecular formula is C18H23NO5. The largest absolute Gasteiger partial charge is 0.493 e. The number of rotatable bonds is 8. The lowest BCUT2D eigenvalue weighted by Gasteiger charge is -2.14. The van der Waals surface area contributed by atoms with Crippen LogP contribution in [0, 0.1) is 5.92 Å². The van der Waals surface area contributed by atoms with Crippen LogP contribution in [0.3, 0.4) is 0 Å². The molecule has 1 aromatic carbocycles. The van der Waals surface area contributed by atoms with Gasteiger partial charge >= 0.3 is 5.97 Å². The van der Waals surface area contributed by atoms with Crippen molar-refractivity contribution in [1.29, 1.82) is 0 Å². The van der Waals surface area contributed by atoms with Crippen molar-refractivity contribution in [2.24, 2.45) is 5.92 Å². The van der Waals surface area contributed by atoms with E-state index in [0.717, 1.165) is 12.0 Å². The summed E-state index contributed by atoms with van der Waals surface area (Å²) < 4.78 is 10.8. The van der Waals surface area contributed by atoms with Crippen LogP contribution in [0.25, 0.3) is 0 Å². The van der Waals surface area contributed by atoms with Crippen LogP contribution in [-0.4, -0.2) is 36.7 Å². The Morgan fingerprint density at radius 1 is 1.38 bits per heavy atom. The Kier molecular flexibility index (Phi) is 6.23. The fourth-order valence-electron chi connectivity index (χ4n) is 2.87. The standard InChI is InChI=1S/C18H23NO5/c1-3-4-12-5-8-15(16(9-12)23-2)24-11-17(20)19-14-7-6-13(10-14)18(21)22/h3,5,8-9,13-14H,1,4,6-7,10-11H2,2H3,(H,19,20)(H,21,22)/t13-,14+/m1/s1. The number of carboxylic acid groups (broad SMARTS) is 1. The second-order valence-corrected chi connectivity index (χ2v) is 5.88. The number of hydrogen-bond donors (Lipinski definition) is 2. The van der Waals surface area contributed by atoms with Crippen LogP contribution in [0.5, 0.6) is 11.5 Å². The smallest absolute Gasteiger partial charge is 0.306 e. The number of benzene rings is 1. The molecule has 1 amide bonds. The molecule has 0 radical (unpaired) electrons.